The van der Waals surface area contributed by atoms with Crippen molar-refractivity contribution in [1.82, 2.24) is 24.9 Å². The number of anilines is 1. The lowest BCUT2D eigenvalue weighted by Gasteiger charge is -2.19. The van der Waals surface area contributed by atoms with Gasteiger partial charge in [0.05, 0.1) is 18.0 Å². The molecule has 9 nitrogen and oxygen atoms in total. The molecule has 1 amide bonds. The Morgan fingerprint density at radius 3 is 2.74 bits per heavy atom. The molecule has 180 valence electrons. The second-order valence-corrected chi connectivity index (χ2v) is 9.51. The van der Waals surface area contributed by atoms with E-state index in [1.54, 1.807) is 55.2 Å². The number of nitrogens with one attached hydrogen (secondary N) is 2. The summed E-state index contributed by atoms with van der Waals surface area (Å²) < 4.78 is 7.65. The van der Waals surface area contributed by atoms with Crippen molar-refractivity contribution >= 4 is 17.4 Å². The normalized spacial score (nSPS) is 13.6. The topological polar surface area (TPSA) is 114 Å². The van der Waals surface area contributed by atoms with Crippen LogP contribution in [0.4, 0.5) is 5.82 Å². The number of pyridine rings is 1. The van der Waals surface area contributed by atoms with Gasteiger partial charge in [0.1, 0.15) is 11.6 Å². The molecule has 1 aliphatic rings. The fourth-order valence-electron chi connectivity index (χ4n) is 3.73. The highest BCUT2D eigenvalue weighted by Gasteiger charge is 2.25. The monoisotopic (exact) mass is 472 g/mol. The fourth-order valence-corrected chi connectivity index (χ4v) is 3.73. The number of ether oxygens (including phenoxy) is 1. The molecule has 35 heavy (non-hydrogen) atoms. The highest BCUT2D eigenvalue weighted by Crippen LogP contribution is 2.31. The van der Waals surface area contributed by atoms with Crippen molar-refractivity contribution in [2.45, 2.75) is 45.3 Å². The molecule has 0 aliphatic heterocycles. The smallest absolute Gasteiger partial charge is 0.251 e. The maximum absolute atomic E-state index is 12.6. The summed E-state index contributed by atoms with van der Waals surface area (Å²) in [4.78, 5) is 21.4. The van der Waals surface area contributed by atoms with Gasteiger partial charge in [-0.25, -0.2) is 0 Å². The zero-order valence-electron chi connectivity index (χ0n) is 19.9. The number of rotatable bonds is 8. The van der Waals surface area contributed by atoms with Gasteiger partial charge >= 0.3 is 0 Å². The highest BCUT2D eigenvalue weighted by atomic mass is 16.5. The first-order valence-corrected chi connectivity index (χ1v) is 11.6. The van der Waals surface area contributed by atoms with E-state index in [2.05, 4.69) is 20.7 Å². The number of fused-ring (bicyclic) bond motifs is 1. The van der Waals surface area contributed by atoms with Gasteiger partial charge in [0.25, 0.3) is 5.91 Å². The summed E-state index contributed by atoms with van der Waals surface area (Å²) >= 11 is 0. The van der Waals surface area contributed by atoms with Crippen LogP contribution < -0.4 is 15.4 Å². The summed E-state index contributed by atoms with van der Waals surface area (Å²) in [6.07, 6.45) is 7.12. The van der Waals surface area contributed by atoms with E-state index < -0.39 is 5.60 Å². The maximum atomic E-state index is 12.6. The van der Waals surface area contributed by atoms with Gasteiger partial charge in [0.15, 0.2) is 5.65 Å². The van der Waals surface area contributed by atoms with Crippen LogP contribution in [0.15, 0.2) is 55.0 Å². The zero-order valence-corrected chi connectivity index (χ0v) is 19.9. The molecule has 0 saturated heterocycles. The SMILES string of the molecule is Cc1cc(-c2cnn3c(NCC(C)(C)O)cc(Oc4cccnc4)nc23)ccc1C(=O)NC1CC1. The van der Waals surface area contributed by atoms with Crippen molar-refractivity contribution in [1.29, 1.82) is 0 Å². The number of hydrogen-bond acceptors (Lipinski definition) is 7. The molecule has 9 heteroatoms. The Morgan fingerprint density at radius 2 is 2.06 bits per heavy atom. The molecule has 0 atom stereocenters. The quantitative estimate of drug-likeness (QED) is 0.356. The summed E-state index contributed by atoms with van der Waals surface area (Å²) in [6.45, 7) is 5.68. The third-order valence-electron chi connectivity index (χ3n) is 5.70. The molecule has 3 heterocycles. The number of aromatic nitrogens is 4. The average molecular weight is 473 g/mol. The number of benzene rings is 1. The summed E-state index contributed by atoms with van der Waals surface area (Å²) in [7, 11) is 0. The first-order chi connectivity index (χ1) is 16.8. The molecule has 0 spiro atoms. The molecular weight excluding hydrogens is 444 g/mol. The van der Waals surface area contributed by atoms with Crippen molar-refractivity contribution in [3.05, 3.63) is 66.1 Å². The van der Waals surface area contributed by atoms with Crippen LogP contribution in [-0.4, -0.2) is 48.8 Å². The lowest BCUT2D eigenvalue weighted by molar-refractivity contribution is 0.0939. The molecule has 0 unspecified atom stereocenters. The van der Waals surface area contributed by atoms with Crippen molar-refractivity contribution in [2.24, 2.45) is 0 Å². The lowest BCUT2D eigenvalue weighted by Crippen LogP contribution is -2.30. The van der Waals surface area contributed by atoms with Crippen LogP contribution in [0.5, 0.6) is 11.6 Å². The largest absolute Gasteiger partial charge is 0.437 e. The van der Waals surface area contributed by atoms with Gasteiger partial charge in [0.2, 0.25) is 5.88 Å². The Kier molecular flexibility index (Phi) is 5.86. The van der Waals surface area contributed by atoms with E-state index in [-0.39, 0.29) is 5.91 Å². The third kappa shape index (κ3) is 5.25. The molecule has 3 N–H and O–H groups in total. The predicted octanol–water partition coefficient (Wildman–Crippen LogP) is 3.97. The number of nitrogens with zero attached hydrogens (tertiary/aromatic N) is 4. The second-order valence-electron chi connectivity index (χ2n) is 9.51. The molecule has 0 radical (unpaired) electrons. The van der Waals surface area contributed by atoms with Crippen LogP contribution in [0.3, 0.4) is 0 Å². The summed E-state index contributed by atoms with van der Waals surface area (Å²) in [5.41, 5.74) is 2.88. The zero-order chi connectivity index (χ0) is 24.6. The first kappa shape index (κ1) is 22.8. The molecular formula is C26H28N6O3. The number of carbonyl (C=O) groups excluding carboxylic acids is 1. The third-order valence-corrected chi connectivity index (χ3v) is 5.70. The van der Waals surface area contributed by atoms with Gasteiger partial charge in [-0.05, 0) is 62.9 Å². The molecule has 3 aromatic heterocycles. The molecule has 1 aliphatic carbocycles. The number of amides is 1. The Hall–Kier alpha value is -3.98. The molecule has 0 bridgehead atoms. The van der Waals surface area contributed by atoms with Crippen LogP contribution >= 0.6 is 0 Å². The van der Waals surface area contributed by atoms with Crippen molar-refractivity contribution in [3.8, 4) is 22.8 Å². The van der Waals surface area contributed by atoms with Gasteiger partial charge in [-0.2, -0.15) is 14.6 Å². The van der Waals surface area contributed by atoms with E-state index >= 15 is 0 Å². The summed E-state index contributed by atoms with van der Waals surface area (Å²) in [5, 5.41) is 21.0. The van der Waals surface area contributed by atoms with E-state index in [1.165, 1.54) is 0 Å². The number of carbonyl (C=O) groups is 1. The Balaban J connectivity index is 1.53. The molecule has 5 rings (SSSR count). The molecule has 1 aromatic carbocycles. The van der Waals surface area contributed by atoms with Gasteiger partial charge in [-0.15, -0.1) is 0 Å². The highest BCUT2D eigenvalue weighted by molar-refractivity contribution is 5.97. The fraction of sp³-hybridized carbons (Fsp3) is 0.308. The van der Waals surface area contributed by atoms with E-state index in [4.69, 9.17) is 9.72 Å². The second kappa shape index (κ2) is 8.99. The first-order valence-electron chi connectivity index (χ1n) is 11.6. The summed E-state index contributed by atoms with van der Waals surface area (Å²) in [5.74, 6) is 1.50. The molecule has 4 aromatic rings. The van der Waals surface area contributed by atoms with Gasteiger partial charge in [-0.1, -0.05) is 12.1 Å². The Labute approximate surface area is 203 Å². The van der Waals surface area contributed by atoms with Crippen LogP contribution in [0, 0.1) is 6.92 Å². The van der Waals surface area contributed by atoms with Gasteiger partial charge in [0, 0.05) is 36.0 Å². The number of hydrogen-bond donors (Lipinski definition) is 3. The van der Waals surface area contributed by atoms with Crippen molar-refractivity contribution in [3.63, 3.8) is 0 Å². The van der Waals surface area contributed by atoms with Gasteiger partial charge < -0.3 is 20.5 Å². The average Bonchev–Trinajstić information content (AvgIpc) is 3.53. The number of aliphatic hydroxyl groups is 1. The van der Waals surface area contributed by atoms with E-state index in [9.17, 15) is 9.90 Å². The number of aryl methyl sites for hydroxylation is 1. The Morgan fingerprint density at radius 1 is 1.23 bits per heavy atom. The van der Waals surface area contributed by atoms with Crippen LogP contribution in [0.1, 0.15) is 42.6 Å². The maximum Gasteiger partial charge on any atom is 0.251 e. The summed E-state index contributed by atoms with van der Waals surface area (Å²) in [6, 6.07) is 11.3. The minimum atomic E-state index is -0.927. The van der Waals surface area contributed by atoms with E-state index in [0.29, 0.717) is 41.2 Å². The van der Waals surface area contributed by atoms with E-state index in [0.717, 1.165) is 29.5 Å². The minimum absolute atomic E-state index is 0.0419. The van der Waals surface area contributed by atoms with Crippen LogP contribution in [0.25, 0.3) is 16.8 Å². The standard InChI is InChI=1S/C26H28N6O3/c1-16-11-17(6-9-20(16)25(33)30-18-7-8-18)21-14-29-32-22(28-15-26(2,3)34)12-23(31-24(21)32)35-19-5-4-10-27-13-19/h4-6,9-14,18,28,34H,7-8,15H2,1-3H3,(H,30,33). The van der Waals surface area contributed by atoms with Gasteiger partial charge in [-0.3, -0.25) is 9.78 Å². The minimum Gasteiger partial charge on any atom is -0.437 e. The Bertz CT molecular complexity index is 1370. The van der Waals surface area contributed by atoms with E-state index in [1.807, 2.05) is 25.1 Å². The van der Waals surface area contributed by atoms with Crippen molar-refractivity contribution in [2.75, 3.05) is 11.9 Å². The van der Waals surface area contributed by atoms with Crippen molar-refractivity contribution < 1.29 is 14.6 Å². The molecule has 1 fully saturated rings. The molecule has 1 saturated carbocycles. The van der Waals surface area contributed by atoms with Crippen LogP contribution in [-0.2, 0) is 0 Å². The van der Waals surface area contributed by atoms with Crippen LogP contribution in [0.2, 0.25) is 0 Å². The lowest BCUT2D eigenvalue weighted by atomic mass is 10.0. The predicted molar refractivity (Wildman–Crippen MR) is 133 cm³/mol.